The molecule has 2 amide bonds. The Morgan fingerprint density at radius 3 is 2.25 bits per heavy atom. The van der Waals surface area contributed by atoms with Gasteiger partial charge >= 0.3 is 0 Å². The Morgan fingerprint density at radius 1 is 0.778 bits per heavy atom. The highest BCUT2D eigenvalue weighted by molar-refractivity contribution is 6.06. The fourth-order valence-electron chi connectivity index (χ4n) is 3.96. The normalized spacial score (nSPS) is 10.6. The van der Waals surface area contributed by atoms with Crippen LogP contribution in [0.2, 0.25) is 0 Å². The van der Waals surface area contributed by atoms with Gasteiger partial charge in [0.2, 0.25) is 5.91 Å². The predicted molar refractivity (Wildman–Crippen MR) is 136 cm³/mol. The molecule has 1 N–H and O–H groups in total. The van der Waals surface area contributed by atoms with E-state index in [0.717, 1.165) is 28.8 Å². The van der Waals surface area contributed by atoms with E-state index in [-0.39, 0.29) is 24.4 Å². The van der Waals surface area contributed by atoms with Gasteiger partial charge in [0.1, 0.15) is 11.6 Å². The van der Waals surface area contributed by atoms with Crippen molar-refractivity contribution in [3.8, 4) is 0 Å². The van der Waals surface area contributed by atoms with E-state index in [2.05, 4.69) is 5.32 Å². The molecule has 0 bridgehead atoms. The van der Waals surface area contributed by atoms with Gasteiger partial charge in [-0.15, -0.1) is 0 Å². The largest absolute Gasteiger partial charge is 0.352 e. The molecular formula is C30H26F2N2O2. The van der Waals surface area contributed by atoms with E-state index >= 15 is 0 Å². The number of amides is 2. The first-order valence-electron chi connectivity index (χ1n) is 11.6. The number of carbonyl (C=O) groups excluding carboxylic acids is 2. The molecule has 0 aliphatic rings. The molecule has 0 radical (unpaired) electrons. The maximum atomic E-state index is 14.5. The van der Waals surface area contributed by atoms with Crippen molar-refractivity contribution in [2.75, 3.05) is 4.90 Å². The molecule has 0 unspecified atom stereocenters. The third-order valence-corrected chi connectivity index (χ3v) is 5.75. The van der Waals surface area contributed by atoms with Gasteiger partial charge in [0.05, 0.1) is 18.5 Å². The average Bonchev–Trinajstić information content (AvgIpc) is 2.86. The molecule has 0 saturated carbocycles. The van der Waals surface area contributed by atoms with Crippen LogP contribution in [0.1, 0.15) is 32.6 Å². The predicted octanol–water partition coefficient (Wildman–Crippen LogP) is 5.98. The summed E-state index contributed by atoms with van der Waals surface area (Å²) in [4.78, 5) is 27.4. The summed E-state index contributed by atoms with van der Waals surface area (Å²) in [6, 6.07) is 27.2. The van der Waals surface area contributed by atoms with Crippen molar-refractivity contribution in [2.45, 2.75) is 26.4 Å². The molecule has 0 fully saturated rings. The lowest BCUT2D eigenvalue weighted by Crippen LogP contribution is -2.31. The van der Waals surface area contributed by atoms with Gasteiger partial charge in [-0.3, -0.25) is 9.59 Å². The molecule has 6 heteroatoms. The molecule has 0 atom stereocenters. The Labute approximate surface area is 209 Å². The number of anilines is 1. The van der Waals surface area contributed by atoms with Crippen molar-refractivity contribution in [1.82, 2.24) is 5.32 Å². The standard InChI is InChI=1S/C30H26F2N2O2/c1-21-7-5-11-24(15-21)19-33-29(35)17-23-10-6-12-26(16-23)34(20-22-8-3-2-4-9-22)30(36)27-14-13-25(31)18-28(27)32/h2-16,18H,17,19-20H2,1H3,(H,33,35). The Kier molecular flexibility index (Phi) is 7.85. The van der Waals surface area contributed by atoms with Crippen LogP contribution in [0.15, 0.2) is 97.1 Å². The maximum Gasteiger partial charge on any atom is 0.261 e. The van der Waals surface area contributed by atoms with Crippen LogP contribution in [0.5, 0.6) is 0 Å². The minimum Gasteiger partial charge on any atom is -0.352 e. The lowest BCUT2D eigenvalue weighted by atomic mass is 10.1. The summed E-state index contributed by atoms with van der Waals surface area (Å²) in [5.41, 5.74) is 3.97. The molecule has 0 saturated heterocycles. The van der Waals surface area contributed by atoms with Crippen molar-refractivity contribution in [1.29, 1.82) is 0 Å². The first-order chi connectivity index (χ1) is 17.4. The quantitative estimate of drug-likeness (QED) is 0.335. The number of carbonyl (C=O) groups is 2. The van der Waals surface area contributed by atoms with E-state index in [1.807, 2.05) is 61.5 Å². The van der Waals surface area contributed by atoms with Gasteiger partial charge in [-0.2, -0.15) is 0 Å². The Hall–Kier alpha value is -4.32. The summed E-state index contributed by atoms with van der Waals surface area (Å²) in [6.07, 6.45) is 0.123. The fourth-order valence-corrected chi connectivity index (χ4v) is 3.96. The summed E-state index contributed by atoms with van der Waals surface area (Å²) < 4.78 is 27.9. The molecule has 0 heterocycles. The minimum atomic E-state index is -0.926. The van der Waals surface area contributed by atoms with Gasteiger partial charge in [-0.25, -0.2) is 8.78 Å². The van der Waals surface area contributed by atoms with Crippen LogP contribution in [0.4, 0.5) is 14.5 Å². The number of hydrogen-bond donors (Lipinski definition) is 1. The topological polar surface area (TPSA) is 49.4 Å². The Morgan fingerprint density at radius 2 is 1.50 bits per heavy atom. The highest BCUT2D eigenvalue weighted by atomic mass is 19.1. The average molecular weight is 485 g/mol. The van der Waals surface area contributed by atoms with E-state index in [1.165, 1.54) is 4.90 Å². The third kappa shape index (κ3) is 6.42. The van der Waals surface area contributed by atoms with Crippen LogP contribution in [-0.4, -0.2) is 11.8 Å². The monoisotopic (exact) mass is 484 g/mol. The zero-order valence-electron chi connectivity index (χ0n) is 19.9. The van der Waals surface area contributed by atoms with Crippen LogP contribution < -0.4 is 10.2 Å². The summed E-state index contributed by atoms with van der Waals surface area (Å²) in [5, 5.41) is 2.92. The van der Waals surface area contributed by atoms with Crippen LogP contribution in [0.3, 0.4) is 0 Å². The van der Waals surface area contributed by atoms with Crippen molar-refractivity contribution in [2.24, 2.45) is 0 Å². The first kappa shape index (κ1) is 24.8. The van der Waals surface area contributed by atoms with Gasteiger partial charge in [-0.1, -0.05) is 72.3 Å². The SMILES string of the molecule is Cc1cccc(CNC(=O)Cc2cccc(N(Cc3ccccc3)C(=O)c3ccc(F)cc3F)c2)c1. The highest BCUT2D eigenvalue weighted by Gasteiger charge is 2.22. The third-order valence-electron chi connectivity index (χ3n) is 5.75. The van der Waals surface area contributed by atoms with E-state index in [1.54, 1.807) is 24.3 Å². The van der Waals surface area contributed by atoms with Crippen LogP contribution in [0, 0.1) is 18.6 Å². The summed E-state index contributed by atoms with van der Waals surface area (Å²) in [6.45, 7) is 2.60. The second-order valence-electron chi connectivity index (χ2n) is 8.61. The second-order valence-corrected chi connectivity index (χ2v) is 8.61. The number of nitrogens with zero attached hydrogens (tertiary/aromatic N) is 1. The summed E-state index contributed by atoms with van der Waals surface area (Å²) in [7, 11) is 0. The summed E-state index contributed by atoms with van der Waals surface area (Å²) >= 11 is 0. The molecule has 0 spiro atoms. The summed E-state index contributed by atoms with van der Waals surface area (Å²) in [5.74, 6) is -2.43. The molecule has 4 rings (SSSR count). The molecule has 182 valence electrons. The number of nitrogens with one attached hydrogen (secondary N) is 1. The van der Waals surface area contributed by atoms with Crippen LogP contribution >= 0.6 is 0 Å². The fraction of sp³-hybridized carbons (Fsp3) is 0.133. The molecule has 0 aromatic heterocycles. The lowest BCUT2D eigenvalue weighted by molar-refractivity contribution is -0.120. The van der Waals surface area contributed by atoms with Gasteiger partial charge in [0.15, 0.2) is 0 Å². The van der Waals surface area contributed by atoms with Crippen LogP contribution in [-0.2, 0) is 24.3 Å². The molecule has 0 aliphatic heterocycles. The number of rotatable bonds is 8. The number of aryl methyl sites for hydroxylation is 1. The maximum absolute atomic E-state index is 14.5. The van der Waals surface area contributed by atoms with Gasteiger partial charge < -0.3 is 10.2 Å². The van der Waals surface area contributed by atoms with Crippen molar-refractivity contribution in [3.63, 3.8) is 0 Å². The van der Waals surface area contributed by atoms with E-state index in [4.69, 9.17) is 0 Å². The molecule has 36 heavy (non-hydrogen) atoms. The molecule has 4 nitrogen and oxygen atoms in total. The van der Waals surface area contributed by atoms with Crippen molar-refractivity contribution < 1.29 is 18.4 Å². The lowest BCUT2D eigenvalue weighted by Gasteiger charge is -2.24. The van der Waals surface area contributed by atoms with Gasteiger partial charge in [0, 0.05) is 18.3 Å². The highest BCUT2D eigenvalue weighted by Crippen LogP contribution is 2.23. The van der Waals surface area contributed by atoms with Crippen molar-refractivity contribution in [3.05, 3.63) is 137 Å². The Bertz CT molecular complexity index is 1370. The van der Waals surface area contributed by atoms with E-state index in [0.29, 0.717) is 23.9 Å². The molecule has 4 aromatic rings. The second kappa shape index (κ2) is 11.4. The van der Waals surface area contributed by atoms with E-state index in [9.17, 15) is 18.4 Å². The molecule has 4 aromatic carbocycles. The van der Waals surface area contributed by atoms with Gasteiger partial charge in [-0.05, 0) is 47.9 Å². The van der Waals surface area contributed by atoms with E-state index < -0.39 is 17.5 Å². The number of hydrogen-bond acceptors (Lipinski definition) is 2. The van der Waals surface area contributed by atoms with Gasteiger partial charge in [0.25, 0.3) is 5.91 Å². The minimum absolute atomic E-state index is 0.123. The number of benzene rings is 4. The number of halogens is 2. The Balaban J connectivity index is 1.55. The van der Waals surface area contributed by atoms with Crippen molar-refractivity contribution >= 4 is 17.5 Å². The molecular weight excluding hydrogens is 458 g/mol. The smallest absolute Gasteiger partial charge is 0.261 e. The first-order valence-corrected chi connectivity index (χ1v) is 11.6. The molecule has 0 aliphatic carbocycles. The zero-order chi connectivity index (χ0) is 25.5. The van der Waals surface area contributed by atoms with Crippen LogP contribution in [0.25, 0.3) is 0 Å². The zero-order valence-corrected chi connectivity index (χ0v) is 19.9.